The zero-order valence-corrected chi connectivity index (χ0v) is 17.4. The van der Waals surface area contributed by atoms with E-state index in [0.717, 1.165) is 20.1 Å². The van der Waals surface area contributed by atoms with Gasteiger partial charge in [0.05, 0.1) is 17.4 Å². The molecule has 6 heteroatoms. The largest absolute Gasteiger partial charge is 0.317 e. The number of hydrogen-bond acceptors (Lipinski definition) is 3. The third-order valence-electron chi connectivity index (χ3n) is 4.26. The van der Waals surface area contributed by atoms with Crippen molar-refractivity contribution < 1.29 is 0 Å². The third-order valence-corrected chi connectivity index (χ3v) is 5.57. The third kappa shape index (κ3) is 3.68. The van der Waals surface area contributed by atoms with Gasteiger partial charge in [-0.25, -0.2) is 9.66 Å². The Morgan fingerprint density at radius 1 is 0.889 bits per heavy atom. The summed E-state index contributed by atoms with van der Waals surface area (Å²) in [5.41, 5.74) is 5.72. The van der Waals surface area contributed by atoms with Gasteiger partial charge in [0.15, 0.2) is 5.82 Å². The average molecular weight is 485 g/mol. The van der Waals surface area contributed by atoms with Gasteiger partial charge in [0.2, 0.25) is 0 Å². The Bertz CT molecular complexity index is 1170. The maximum atomic E-state index is 13.1. The second kappa shape index (κ2) is 7.66. The highest BCUT2D eigenvalue weighted by Crippen LogP contribution is 2.21. The Kier molecular flexibility index (Phi) is 5.09. The number of rotatable bonds is 4. The highest BCUT2D eigenvalue weighted by molar-refractivity contribution is 9.10. The minimum Gasteiger partial charge on any atom is -0.317 e. The summed E-state index contributed by atoms with van der Waals surface area (Å²) in [7, 11) is 0. The molecular weight excluding hydrogens is 470 g/mol. The van der Waals surface area contributed by atoms with Crippen molar-refractivity contribution in [1.29, 1.82) is 0 Å². The van der Waals surface area contributed by atoms with Crippen LogP contribution in [0.4, 0.5) is 0 Å². The maximum Gasteiger partial charge on any atom is 0.280 e. The van der Waals surface area contributed by atoms with E-state index in [1.54, 1.807) is 6.07 Å². The molecule has 0 saturated heterocycles. The van der Waals surface area contributed by atoms with Crippen molar-refractivity contribution >= 4 is 42.8 Å². The number of benzene rings is 3. The molecule has 1 aromatic heterocycles. The van der Waals surface area contributed by atoms with Crippen molar-refractivity contribution in [1.82, 2.24) is 9.66 Å². The van der Waals surface area contributed by atoms with E-state index in [0.29, 0.717) is 23.3 Å². The number of hydrogen-bond donors (Lipinski definition) is 1. The lowest BCUT2D eigenvalue weighted by atomic mass is 10.2. The molecule has 4 nitrogen and oxygen atoms in total. The van der Waals surface area contributed by atoms with E-state index in [1.807, 2.05) is 66.7 Å². The second-order valence-electron chi connectivity index (χ2n) is 6.03. The first-order valence-electron chi connectivity index (χ1n) is 8.38. The summed E-state index contributed by atoms with van der Waals surface area (Å²) in [6, 6.07) is 23.1. The van der Waals surface area contributed by atoms with Crippen LogP contribution in [0.1, 0.15) is 5.56 Å². The van der Waals surface area contributed by atoms with Gasteiger partial charge in [-0.15, -0.1) is 0 Å². The number of nitrogens with one attached hydrogen (secondary N) is 1. The zero-order chi connectivity index (χ0) is 18.8. The highest BCUT2D eigenvalue weighted by Gasteiger charge is 2.13. The van der Waals surface area contributed by atoms with Gasteiger partial charge in [0, 0.05) is 14.5 Å². The van der Waals surface area contributed by atoms with E-state index >= 15 is 0 Å². The molecule has 0 bridgehead atoms. The van der Waals surface area contributed by atoms with Crippen molar-refractivity contribution in [3.8, 4) is 11.4 Å². The number of fused-ring (bicyclic) bond motifs is 1. The van der Waals surface area contributed by atoms with Crippen LogP contribution in [0.3, 0.4) is 0 Å². The molecule has 0 spiro atoms. The molecule has 1 heterocycles. The first-order chi connectivity index (χ1) is 13.1. The molecule has 0 unspecified atom stereocenters. The normalized spacial score (nSPS) is 10.9. The molecule has 0 radical (unpaired) electrons. The summed E-state index contributed by atoms with van der Waals surface area (Å²) in [6.07, 6.45) is 0. The molecule has 0 saturated carbocycles. The van der Waals surface area contributed by atoms with E-state index in [1.165, 1.54) is 4.68 Å². The van der Waals surface area contributed by atoms with Gasteiger partial charge in [-0.05, 0) is 35.9 Å². The molecule has 4 rings (SSSR count). The lowest BCUT2D eigenvalue weighted by molar-refractivity contribution is 0.800. The fourth-order valence-corrected chi connectivity index (χ4v) is 3.57. The van der Waals surface area contributed by atoms with Crippen molar-refractivity contribution in [3.05, 3.63) is 97.7 Å². The standard InChI is InChI=1S/C21H15Br2N3O/c22-16-11-9-14(10-12-16)20-25-19-8-4-2-6-17(19)21(27)26(20)24-13-15-5-1-3-7-18(15)23/h1-12,24H,13H2. The average Bonchev–Trinajstić information content (AvgIpc) is 2.69. The summed E-state index contributed by atoms with van der Waals surface area (Å²) < 4.78 is 3.50. The van der Waals surface area contributed by atoms with E-state index in [9.17, 15) is 4.79 Å². The van der Waals surface area contributed by atoms with Gasteiger partial charge in [-0.3, -0.25) is 4.79 Å². The molecule has 0 amide bonds. The summed E-state index contributed by atoms with van der Waals surface area (Å²) in [5.74, 6) is 0.582. The van der Waals surface area contributed by atoms with Crippen molar-refractivity contribution in [2.45, 2.75) is 6.54 Å². The number of nitrogens with zero attached hydrogens (tertiary/aromatic N) is 2. The minimum absolute atomic E-state index is 0.120. The molecule has 4 aromatic rings. The predicted octanol–water partition coefficient (Wildman–Crippen LogP) is 5.33. The number of aromatic nitrogens is 2. The second-order valence-corrected chi connectivity index (χ2v) is 7.80. The van der Waals surface area contributed by atoms with E-state index < -0.39 is 0 Å². The van der Waals surface area contributed by atoms with Crippen LogP contribution in [0, 0.1) is 0 Å². The lowest BCUT2D eigenvalue weighted by Gasteiger charge is -2.16. The van der Waals surface area contributed by atoms with Gasteiger partial charge in [0.25, 0.3) is 5.56 Å². The Hall–Kier alpha value is -2.44. The molecule has 0 fully saturated rings. The van der Waals surface area contributed by atoms with Gasteiger partial charge >= 0.3 is 0 Å². The van der Waals surface area contributed by atoms with Gasteiger partial charge < -0.3 is 5.43 Å². The van der Waals surface area contributed by atoms with Gasteiger partial charge in [-0.1, -0.05) is 74.3 Å². The van der Waals surface area contributed by atoms with Crippen molar-refractivity contribution in [2.24, 2.45) is 0 Å². The van der Waals surface area contributed by atoms with Gasteiger partial charge in [0.1, 0.15) is 0 Å². The van der Waals surface area contributed by atoms with Crippen LogP contribution in [-0.4, -0.2) is 9.66 Å². The Labute approximate surface area is 173 Å². The molecular formula is C21H15Br2N3O. The summed E-state index contributed by atoms with van der Waals surface area (Å²) in [6.45, 7) is 0.491. The monoisotopic (exact) mass is 483 g/mol. The summed E-state index contributed by atoms with van der Waals surface area (Å²) in [4.78, 5) is 17.9. The molecule has 0 aliphatic carbocycles. The quantitative estimate of drug-likeness (QED) is 0.425. The van der Waals surface area contributed by atoms with Crippen molar-refractivity contribution in [3.63, 3.8) is 0 Å². The molecule has 3 aromatic carbocycles. The van der Waals surface area contributed by atoms with E-state index in [2.05, 4.69) is 37.3 Å². The minimum atomic E-state index is -0.120. The Morgan fingerprint density at radius 3 is 2.37 bits per heavy atom. The van der Waals surface area contributed by atoms with Crippen LogP contribution in [0.25, 0.3) is 22.3 Å². The molecule has 27 heavy (non-hydrogen) atoms. The topological polar surface area (TPSA) is 46.9 Å². The Balaban J connectivity index is 1.85. The lowest BCUT2D eigenvalue weighted by Crippen LogP contribution is -2.31. The van der Waals surface area contributed by atoms with E-state index in [4.69, 9.17) is 4.98 Å². The fourth-order valence-electron chi connectivity index (χ4n) is 2.88. The summed E-state index contributed by atoms with van der Waals surface area (Å²) in [5, 5.41) is 0.581. The first-order valence-corrected chi connectivity index (χ1v) is 9.97. The summed E-state index contributed by atoms with van der Waals surface area (Å²) >= 11 is 7.00. The van der Waals surface area contributed by atoms with Crippen LogP contribution < -0.4 is 11.0 Å². The molecule has 0 atom stereocenters. The molecule has 134 valence electrons. The number of halogens is 2. The SMILES string of the molecule is O=c1c2ccccc2nc(-c2ccc(Br)cc2)n1NCc1ccccc1Br. The van der Waals surface area contributed by atoms with Gasteiger partial charge in [-0.2, -0.15) is 0 Å². The first kappa shape index (κ1) is 17.9. The number of para-hydroxylation sites is 1. The predicted molar refractivity (Wildman–Crippen MR) is 116 cm³/mol. The molecule has 0 aliphatic heterocycles. The van der Waals surface area contributed by atoms with Crippen LogP contribution in [0.5, 0.6) is 0 Å². The zero-order valence-electron chi connectivity index (χ0n) is 14.2. The van der Waals surface area contributed by atoms with E-state index in [-0.39, 0.29) is 5.56 Å². The maximum absolute atomic E-state index is 13.1. The van der Waals surface area contributed by atoms with Crippen LogP contribution >= 0.6 is 31.9 Å². The van der Waals surface area contributed by atoms with Crippen LogP contribution in [-0.2, 0) is 6.54 Å². The van der Waals surface area contributed by atoms with Crippen LogP contribution in [0.2, 0.25) is 0 Å². The smallest absolute Gasteiger partial charge is 0.280 e. The highest BCUT2D eigenvalue weighted by atomic mass is 79.9. The Morgan fingerprint density at radius 2 is 1.59 bits per heavy atom. The fraction of sp³-hybridized carbons (Fsp3) is 0.0476. The van der Waals surface area contributed by atoms with Crippen molar-refractivity contribution in [2.75, 3.05) is 5.43 Å². The molecule has 1 N–H and O–H groups in total. The molecule has 0 aliphatic rings. The van der Waals surface area contributed by atoms with Crippen LogP contribution in [0.15, 0.2) is 86.5 Å².